The largest absolute Gasteiger partial charge is 0.348 e. The van der Waals surface area contributed by atoms with Gasteiger partial charge in [0.1, 0.15) is 18.5 Å². The van der Waals surface area contributed by atoms with Crippen molar-refractivity contribution < 1.29 is 14.0 Å². The normalized spacial score (nSPS) is 13.0. The molecule has 0 atom stereocenters. The van der Waals surface area contributed by atoms with Crippen LogP contribution in [0.1, 0.15) is 27.0 Å². The Bertz CT molecular complexity index is 1420. The Labute approximate surface area is 211 Å². The molecule has 0 bridgehead atoms. The van der Waals surface area contributed by atoms with Crippen LogP contribution in [-0.4, -0.2) is 38.7 Å². The Morgan fingerprint density at radius 1 is 1.14 bits per heavy atom. The second-order valence-electron chi connectivity index (χ2n) is 8.46. The van der Waals surface area contributed by atoms with Gasteiger partial charge in [-0.05, 0) is 47.5 Å². The predicted octanol–water partition coefficient (Wildman–Crippen LogP) is 4.56. The first-order valence-electron chi connectivity index (χ1n) is 11.2. The molecule has 2 heterocycles. The molecular weight excluding hydrogens is 483 g/mol. The molecule has 4 aromatic rings. The highest BCUT2D eigenvalue weighted by molar-refractivity contribution is 6.31. The Morgan fingerprint density at radius 3 is 2.75 bits per heavy atom. The predicted molar refractivity (Wildman–Crippen MR) is 133 cm³/mol. The minimum atomic E-state index is -0.493. The third kappa shape index (κ3) is 4.65. The van der Waals surface area contributed by atoms with Crippen LogP contribution in [0.5, 0.6) is 0 Å². The van der Waals surface area contributed by atoms with Gasteiger partial charge in [-0.25, -0.2) is 18.9 Å². The van der Waals surface area contributed by atoms with Crippen molar-refractivity contribution in [1.29, 1.82) is 0 Å². The summed E-state index contributed by atoms with van der Waals surface area (Å²) in [7, 11) is 1.68. The number of fused-ring (bicyclic) bond motifs is 1. The summed E-state index contributed by atoms with van der Waals surface area (Å²) in [5.41, 5.74) is 3.74. The molecule has 10 heteroatoms. The van der Waals surface area contributed by atoms with Gasteiger partial charge in [0.05, 0.1) is 17.9 Å². The van der Waals surface area contributed by atoms with Gasteiger partial charge >= 0.3 is 6.03 Å². The first kappa shape index (κ1) is 23.5. The minimum absolute atomic E-state index is 0.0537. The molecule has 1 aliphatic heterocycles. The van der Waals surface area contributed by atoms with Crippen molar-refractivity contribution in [3.63, 3.8) is 0 Å². The number of carbonyl (C=O) groups is 2. The Hall–Kier alpha value is -4.24. The maximum absolute atomic E-state index is 14.5. The summed E-state index contributed by atoms with van der Waals surface area (Å²) < 4.78 is 16.1. The van der Waals surface area contributed by atoms with Crippen molar-refractivity contribution in [3.8, 4) is 5.69 Å². The minimum Gasteiger partial charge on any atom is -0.348 e. The van der Waals surface area contributed by atoms with E-state index in [1.807, 2.05) is 30.3 Å². The molecule has 3 amide bonds. The van der Waals surface area contributed by atoms with Gasteiger partial charge in [-0.2, -0.15) is 5.10 Å². The number of aromatic nitrogens is 3. The Balaban J connectivity index is 1.37. The zero-order valence-corrected chi connectivity index (χ0v) is 20.1. The van der Waals surface area contributed by atoms with Crippen molar-refractivity contribution >= 4 is 29.2 Å². The molecule has 0 aliphatic carbocycles. The van der Waals surface area contributed by atoms with E-state index in [2.05, 4.69) is 15.4 Å². The second-order valence-corrected chi connectivity index (χ2v) is 8.87. The van der Waals surface area contributed by atoms with Gasteiger partial charge in [-0.15, -0.1) is 0 Å². The number of hydrogen-bond acceptors (Lipinski definition) is 4. The molecule has 8 nitrogen and oxygen atoms in total. The van der Waals surface area contributed by atoms with Crippen molar-refractivity contribution in [2.45, 2.75) is 19.6 Å². The van der Waals surface area contributed by atoms with Crippen LogP contribution < -0.4 is 10.2 Å². The fraction of sp³-hybridized carbons (Fsp3) is 0.154. The number of urea groups is 1. The number of rotatable bonds is 6. The van der Waals surface area contributed by atoms with Crippen LogP contribution in [0.3, 0.4) is 0 Å². The van der Waals surface area contributed by atoms with Gasteiger partial charge < -0.3 is 10.2 Å². The lowest BCUT2D eigenvalue weighted by molar-refractivity contribution is 0.0950. The molecule has 182 valence electrons. The lowest BCUT2D eigenvalue weighted by Crippen LogP contribution is -2.45. The van der Waals surface area contributed by atoms with Crippen molar-refractivity contribution in [2.75, 3.05) is 11.9 Å². The summed E-state index contributed by atoms with van der Waals surface area (Å²) in [6, 6.07) is 16.9. The summed E-state index contributed by atoms with van der Waals surface area (Å²) in [6.45, 7) is 0.628. The first-order chi connectivity index (χ1) is 17.4. The van der Waals surface area contributed by atoms with Gasteiger partial charge in [0, 0.05) is 36.3 Å². The summed E-state index contributed by atoms with van der Waals surface area (Å²) in [5.74, 6) is -0.786. The third-order valence-corrected chi connectivity index (χ3v) is 6.38. The summed E-state index contributed by atoms with van der Waals surface area (Å²) in [6.07, 6.45) is 3.06. The Morgan fingerprint density at radius 2 is 1.97 bits per heavy atom. The molecular formula is C26H22ClFN6O2. The zero-order valence-electron chi connectivity index (χ0n) is 19.4. The van der Waals surface area contributed by atoms with Gasteiger partial charge in [0.25, 0.3) is 5.91 Å². The maximum Gasteiger partial charge on any atom is 0.324 e. The van der Waals surface area contributed by atoms with E-state index in [0.29, 0.717) is 24.3 Å². The van der Waals surface area contributed by atoms with Crippen LogP contribution in [-0.2, 0) is 19.6 Å². The molecule has 5 rings (SSSR count). The van der Waals surface area contributed by atoms with E-state index in [0.717, 1.165) is 16.8 Å². The first-order valence-corrected chi connectivity index (χ1v) is 11.6. The molecule has 3 aromatic carbocycles. The quantitative estimate of drug-likeness (QED) is 0.417. The topological polar surface area (TPSA) is 83.4 Å². The molecule has 0 unspecified atom stereocenters. The van der Waals surface area contributed by atoms with E-state index in [4.69, 9.17) is 11.6 Å². The molecule has 36 heavy (non-hydrogen) atoms. The highest BCUT2D eigenvalue weighted by atomic mass is 35.5. The van der Waals surface area contributed by atoms with Gasteiger partial charge in [-0.1, -0.05) is 35.9 Å². The molecule has 0 radical (unpaired) electrons. The number of halogens is 2. The average Bonchev–Trinajstić information content (AvgIpc) is 3.42. The molecule has 0 saturated heterocycles. The summed E-state index contributed by atoms with van der Waals surface area (Å²) >= 11 is 6.22. The number of hydrogen-bond donors (Lipinski definition) is 1. The molecule has 1 aliphatic rings. The fourth-order valence-corrected chi connectivity index (χ4v) is 4.37. The third-order valence-electron chi connectivity index (χ3n) is 6.03. The number of carbonyl (C=O) groups excluding carboxylic acids is 2. The zero-order chi connectivity index (χ0) is 25.2. The van der Waals surface area contributed by atoms with Crippen LogP contribution in [0.2, 0.25) is 5.02 Å². The highest BCUT2D eigenvalue weighted by Crippen LogP contribution is 2.32. The average molecular weight is 505 g/mol. The second kappa shape index (κ2) is 9.79. The van der Waals surface area contributed by atoms with E-state index in [1.165, 1.54) is 23.4 Å². The maximum atomic E-state index is 14.5. The van der Waals surface area contributed by atoms with E-state index in [1.54, 1.807) is 41.2 Å². The van der Waals surface area contributed by atoms with Crippen molar-refractivity contribution in [3.05, 3.63) is 106 Å². The number of anilines is 1. The molecule has 0 fully saturated rings. The van der Waals surface area contributed by atoms with E-state index in [-0.39, 0.29) is 29.1 Å². The van der Waals surface area contributed by atoms with Crippen molar-refractivity contribution in [1.82, 2.24) is 25.0 Å². The molecule has 1 aromatic heterocycles. The molecule has 0 spiro atoms. The number of benzene rings is 3. The van der Waals surface area contributed by atoms with Gasteiger partial charge in [-0.3, -0.25) is 9.69 Å². The van der Waals surface area contributed by atoms with Crippen LogP contribution in [0.15, 0.2) is 73.3 Å². The molecule has 0 saturated carbocycles. The number of nitrogens with one attached hydrogen (secondary N) is 1. The lowest BCUT2D eigenvalue weighted by Gasteiger charge is -2.35. The van der Waals surface area contributed by atoms with Crippen LogP contribution in [0, 0.1) is 5.82 Å². The fourth-order valence-electron chi connectivity index (χ4n) is 4.15. The number of amides is 3. The van der Waals surface area contributed by atoms with Crippen LogP contribution in [0.4, 0.5) is 14.9 Å². The monoisotopic (exact) mass is 504 g/mol. The summed E-state index contributed by atoms with van der Waals surface area (Å²) in [4.78, 5) is 33.0. The standard InChI is InChI=1S/C26H22ClFN6O2/c1-32-13-19-9-8-18(11-24(19)33(26(32)36)14-21-22(27)6-3-7-23(21)28)25(35)30-12-17-4-2-5-20(10-17)34-16-29-15-31-34/h2-11,15-16H,12-14H2,1H3,(H,30,35). The van der Waals surface area contributed by atoms with Gasteiger partial charge in [0.15, 0.2) is 0 Å². The van der Waals surface area contributed by atoms with Crippen LogP contribution >= 0.6 is 11.6 Å². The smallest absolute Gasteiger partial charge is 0.324 e. The van der Waals surface area contributed by atoms with Gasteiger partial charge in [0.2, 0.25) is 0 Å². The van der Waals surface area contributed by atoms with Crippen molar-refractivity contribution in [2.24, 2.45) is 0 Å². The molecule has 1 N–H and O–H groups in total. The van der Waals surface area contributed by atoms with Crippen LogP contribution in [0.25, 0.3) is 5.69 Å². The SMILES string of the molecule is CN1Cc2ccc(C(=O)NCc3cccc(-n4cncn4)c3)cc2N(Cc2c(F)cccc2Cl)C1=O. The van der Waals surface area contributed by atoms with E-state index >= 15 is 0 Å². The van der Waals surface area contributed by atoms with E-state index in [9.17, 15) is 14.0 Å². The van der Waals surface area contributed by atoms with E-state index < -0.39 is 5.82 Å². The number of nitrogens with zero attached hydrogens (tertiary/aromatic N) is 5. The Kier molecular flexibility index (Phi) is 6.39. The highest BCUT2D eigenvalue weighted by Gasteiger charge is 2.30. The summed E-state index contributed by atoms with van der Waals surface area (Å²) in [5, 5.41) is 7.28. The lowest BCUT2D eigenvalue weighted by atomic mass is 10.0.